The van der Waals surface area contributed by atoms with Gasteiger partial charge in [-0.2, -0.15) is 0 Å². The summed E-state index contributed by atoms with van der Waals surface area (Å²) in [5.41, 5.74) is 12.6. The topological polar surface area (TPSA) is 98.5 Å². The fraction of sp³-hybridized carbons (Fsp3) is 0.0678. The number of pyridine rings is 2. The number of benzene rings is 8. The number of fused-ring (bicyclic) bond motifs is 6. The molecule has 0 unspecified atom stereocenters. The number of anilines is 9. The molecule has 11 nitrogen and oxygen atoms in total. The fourth-order valence-corrected chi connectivity index (χ4v) is 8.89. The first-order valence-electron chi connectivity index (χ1n) is 22.7. The van der Waals surface area contributed by atoms with Crippen LogP contribution in [0.2, 0.25) is 0 Å². The molecule has 11 rings (SSSR count). The van der Waals surface area contributed by atoms with E-state index in [1.54, 1.807) is 40.8 Å². The molecule has 3 aromatic heterocycles. The van der Waals surface area contributed by atoms with Crippen molar-refractivity contribution in [2.24, 2.45) is 0 Å². The number of hydrogen-bond acceptors (Lipinski definition) is 11. The van der Waals surface area contributed by atoms with Crippen LogP contribution in [0.5, 0.6) is 23.0 Å². The average Bonchev–Trinajstić information content (AvgIpc) is 3.89. The van der Waals surface area contributed by atoms with E-state index >= 15 is 0 Å². The number of ether oxygens (including phenoxy) is 4. The van der Waals surface area contributed by atoms with E-state index in [2.05, 4.69) is 146 Å². The van der Waals surface area contributed by atoms with E-state index in [1.807, 2.05) is 72.8 Å². The summed E-state index contributed by atoms with van der Waals surface area (Å²) in [6.07, 6.45) is 3.56. The summed E-state index contributed by atoms with van der Waals surface area (Å²) in [7, 11) is 6.70. The van der Waals surface area contributed by atoms with Gasteiger partial charge >= 0.3 is 0 Å². The smallest absolute Gasteiger partial charge is 0.227 e. The second-order valence-electron chi connectivity index (χ2n) is 16.4. The Kier molecular flexibility index (Phi) is 11.6. The highest BCUT2D eigenvalue weighted by atomic mass is 16.5. The van der Waals surface area contributed by atoms with Crippen molar-refractivity contribution in [1.29, 1.82) is 0 Å². The lowest BCUT2D eigenvalue weighted by Crippen LogP contribution is -2.13. The summed E-state index contributed by atoms with van der Waals surface area (Å²) in [6.45, 7) is 0. The monoisotopic (exact) mass is 918 g/mol. The van der Waals surface area contributed by atoms with Crippen LogP contribution in [-0.2, 0) is 0 Å². The van der Waals surface area contributed by atoms with E-state index in [0.717, 1.165) is 107 Å². The summed E-state index contributed by atoms with van der Waals surface area (Å²) in [4.78, 5) is 21.1. The molecule has 0 saturated carbocycles. The van der Waals surface area contributed by atoms with Crippen LogP contribution < -0.4 is 33.6 Å². The minimum Gasteiger partial charge on any atom is -0.497 e. The summed E-state index contributed by atoms with van der Waals surface area (Å²) in [5.74, 6) is 3.64. The number of rotatable bonds is 14. The van der Waals surface area contributed by atoms with E-state index < -0.39 is 0 Å². The molecular weight excluding hydrogens is 873 g/mol. The number of oxazole rings is 1. The Morgan fingerprint density at radius 1 is 0.329 bits per heavy atom. The zero-order chi connectivity index (χ0) is 47.6. The number of nitrogens with zero attached hydrogens (tertiary/aromatic N) is 6. The van der Waals surface area contributed by atoms with Crippen molar-refractivity contribution >= 4 is 84.1 Å². The molecule has 0 aliphatic heterocycles. The van der Waals surface area contributed by atoms with Crippen molar-refractivity contribution in [3.05, 3.63) is 207 Å². The van der Waals surface area contributed by atoms with Crippen molar-refractivity contribution in [2.75, 3.05) is 43.1 Å². The Bertz CT molecular complexity index is 3260. The van der Waals surface area contributed by atoms with E-state index in [4.69, 9.17) is 28.3 Å². The van der Waals surface area contributed by atoms with Gasteiger partial charge in [-0.25, -0.2) is 4.98 Å². The lowest BCUT2D eigenvalue weighted by Gasteiger charge is -2.29. The number of hydrogen-bond donors (Lipinski definition) is 0. The van der Waals surface area contributed by atoms with Crippen LogP contribution in [0.15, 0.2) is 211 Å². The molecule has 0 aliphatic carbocycles. The second-order valence-corrected chi connectivity index (χ2v) is 16.4. The first-order valence-corrected chi connectivity index (χ1v) is 22.7. The zero-order valence-corrected chi connectivity index (χ0v) is 38.9. The molecule has 3 heterocycles. The maximum absolute atomic E-state index is 6.58. The Hall–Kier alpha value is -9.35. The highest BCUT2D eigenvalue weighted by Crippen LogP contribution is 2.43. The third-order valence-electron chi connectivity index (χ3n) is 12.4. The van der Waals surface area contributed by atoms with Gasteiger partial charge in [-0.1, -0.05) is 0 Å². The highest BCUT2D eigenvalue weighted by Gasteiger charge is 2.21. The average molecular weight is 919 g/mol. The second kappa shape index (κ2) is 18.7. The molecular formula is C59H46N6O5. The third-order valence-corrected chi connectivity index (χ3v) is 12.4. The Morgan fingerprint density at radius 3 is 0.943 bits per heavy atom. The summed E-state index contributed by atoms with van der Waals surface area (Å²) in [6, 6.07) is 65.6. The SMILES string of the molecule is COc1ccc(N(c2ccc(OC)cc2)c2ccc(N(c3ccc(-c4nc5c6cccnc6c6ncccc6c5o4)cc3)c3ccc(N(c4ccc(OC)cc4)c4ccc(OC)cc4)cc3)cc2)cc1. The summed E-state index contributed by atoms with van der Waals surface area (Å²) < 4.78 is 28.6. The van der Waals surface area contributed by atoms with Crippen LogP contribution in [0.1, 0.15) is 0 Å². The predicted molar refractivity (Wildman–Crippen MR) is 280 cm³/mol. The van der Waals surface area contributed by atoms with Crippen molar-refractivity contribution in [1.82, 2.24) is 15.0 Å². The molecule has 0 radical (unpaired) electrons. The molecule has 0 N–H and O–H groups in total. The van der Waals surface area contributed by atoms with Gasteiger partial charge in [0.25, 0.3) is 0 Å². The number of aromatic nitrogens is 3. The van der Waals surface area contributed by atoms with Gasteiger partial charge in [-0.05, 0) is 194 Å². The van der Waals surface area contributed by atoms with E-state index in [-0.39, 0.29) is 0 Å². The van der Waals surface area contributed by atoms with Crippen molar-refractivity contribution < 1.29 is 23.4 Å². The molecule has 0 bridgehead atoms. The first kappa shape index (κ1) is 43.2. The quantitative estimate of drug-likeness (QED) is 0.0975. The van der Waals surface area contributed by atoms with Crippen molar-refractivity contribution in [3.8, 4) is 34.5 Å². The molecule has 70 heavy (non-hydrogen) atoms. The molecule has 0 fully saturated rings. The molecule has 0 aliphatic rings. The van der Waals surface area contributed by atoms with Crippen molar-refractivity contribution in [3.63, 3.8) is 0 Å². The molecule has 11 aromatic rings. The summed E-state index contributed by atoms with van der Waals surface area (Å²) >= 11 is 0. The largest absolute Gasteiger partial charge is 0.497 e. The van der Waals surface area contributed by atoms with Crippen molar-refractivity contribution in [2.45, 2.75) is 0 Å². The standard InChI is InChI=1S/C59H46N6O5/c1-66-49-29-21-45(22-30-49)64(46-23-31-50(67-2)32-24-46)43-17-13-41(14-18-43)63(42-15-19-44(20-16-42)65(47-25-33-51(68-3)34-26-47)48-27-35-52(69-4)36-28-48)40-11-9-39(10-12-40)59-62-57-53-7-5-37-60-55(53)56-54(58(57)70-59)8-6-38-61-56/h5-38H,1-4H3. The maximum Gasteiger partial charge on any atom is 0.227 e. The number of methoxy groups -OCH3 is 4. The van der Waals surface area contributed by atoms with Gasteiger partial charge in [-0.3, -0.25) is 9.97 Å². The van der Waals surface area contributed by atoms with Gasteiger partial charge in [0.05, 0.1) is 34.0 Å². The first-order chi connectivity index (χ1) is 34.5. The fourth-order valence-electron chi connectivity index (χ4n) is 8.89. The lowest BCUT2D eigenvalue weighted by molar-refractivity contribution is 0.414. The third kappa shape index (κ3) is 8.15. The van der Waals surface area contributed by atoms with Gasteiger partial charge in [0.1, 0.15) is 34.0 Å². The lowest BCUT2D eigenvalue weighted by atomic mass is 10.1. The minimum atomic E-state index is 0.512. The van der Waals surface area contributed by atoms with Gasteiger partial charge in [0.15, 0.2) is 5.58 Å². The Balaban J connectivity index is 1.00. The maximum atomic E-state index is 6.58. The Morgan fingerprint density at radius 2 is 0.614 bits per heavy atom. The van der Waals surface area contributed by atoms with Crippen LogP contribution in [0.25, 0.3) is 44.4 Å². The minimum absolute atomic E-state index is 0.512. The highest BCUT2D eigenvalue weighted by molar-refractivity contribution is 6.20. The Labute approximate surface area is 405 Å². The van der Waals surface area contributed by atoms with E-state index in [1.165, 1.54) is 0 Å². The predicted octanol–water partition coefficient (Wildman–Crippen LogP) is 15.0. The van der Waals surface area contributed by atoms with Crippen LogP contribution in [-0.4, -0.2) is 43.4 Å². The van der Waals surface area contributed by atoms with E-state index in [9.17, 15) is 0 Å². The molecule has 0 atom stereocenters. The normalized spacial score (nSPS) is 11.1. The van der Waals surface area contributed by atoms with Gasteiger partial charge in [-0.15, -0.1) is 0 Å². The van der Waals surface area contributed by atoms with Gasteiger partial charge in [0.2, 0.25) is 5.89 Å². The molecule has 0 saturated heterocycles. The van der Waals surface area contributed by atoms with Crippen LogP contribution >= 0.6 is 0 Å². The van der Waals surface area contributed by atoms with Crippen LogP contribution in [0.3, 0.4) is 0 Å². The summed E-state index contributed by atoms with van der Waals surface area (Å²) in [5, 5.41) is 1.76. The molecule has 11 heteroatoms. The zero-order valence-electron chi connectivity index (χ0n) is 38.9. The molecule has 8 aromatic carbocycles. The molecule has 342 valence electrons. The van der Waals surface area contributed by atoms with Crippen LogP contribution in [0.4, 0.5) is 51.2 Å². The van der Waals surface area contributed by atoms with Gasteiger partial charge in [0, 0.05) is 79.9 Å². The van der Waals surface area contributed by atoms with Crippen LogP contribution in [0, 0.1) is 0 Å². The van der Waals surface area contributed by atoms with Gasteiger partial charge < -0.3 is 38.1 Å². The van der Waals surface area contributed by atoms with E-state index in [0.29, 0.717) is 11.5 Å². The molecule has 0 spiro atoms. The molecule has 0 amide bonds.